The zero-order chi connectivity index (χ0) is 11.7. The highest BCUT2D eigenvalue weighted by atomic mass is 16.5. The van der Waals surface area contributed by atoms with Crippen LogP contribution in [0.5, 0.6) is 5.75 Å². The maximum Gasteiger partial charge on any atom is 0.242 e. The number of likely N-dealkylation sites (N-methyl/N-ethyl adjacent to an activating group) is 1. The largest absolute Gasteiger partial charge is 0.497 e. The summed E-state index contributed by atoms with van der Waals surface area (Å²) in [6, 6.07) is 7.31. The Morgan fingerprint density at radius 2 is 2.00 bits per heavy atom. The van der Waals surface area contributed by atoms with Gasteiger partial charge in [-0.25, -0.2) is 0 Å². The van der Waals surface area contributed by atoms with Crippen molar-refractivity contribution in [1.82, 2.24) is 4.90 Å². The van der Waals surface area contributed by atoms with Crippen molar-refractivity contribution in [3.05, 3.63) is 29.8 Å². The molecule has 0 saturated carbocycles. The number of hydrogen-bond donors (Lipinski definition) is 1. The van der Waals surface area contributed by atoms with E-state index in [9.17, 15) is 4.79 Å². The number of ether oxygens (including phenoxy) is 1. The summed E-state index contributed by atoms with van der Waals surface area (Å²) in [6.45, 7) is 2.66. The van der Waals surface area contributed by atoms with E-state index < -0.39 is 6.04 Å². The summed E-state index contributed by atoms with van der Waals surface area (Å²) in [5.74, 6) is 0.842. The number of likely N-dealkylation sites (tertiary alicyclic amines) is 1. The third kappa shape index (κ3) is 1.55. The number of amides is 1. The zero-order valence-corrected chi connectivity index (χ0v) is 9.51. The minimum Gasteiger partial charge on any atom is -0.497 e. The molecule has 0 aromatic heterocycles. The molecule has 1 fully saturated rings. The van der Waals surface area contributed by atoms with Crippen molar-refractivity contribution in [2.75, 3.05) is 13.7 Å². The van der Waals surface area contributed by atoms with Crippen LogP contribution in [0.1, 0.15) is 18.5 Å². The molecule has 1 aromatic carbocycles. The molecule has 16 heavy (non-hydrogen) atoms. The molecule has 1 amide bonds. The Morgan fingerprint density at radius 3 is 2.50 bits per heavy atom. The minimum atomic E-state index is -0.395. The van der Waals surface area contributed by atoms with E-state index >= 15 is 0 Å². The summed E-state index contributed by atoms with van der Waals surface area (Å²) in [5.41, 5.74) is 6.88. The molecule has 4 nitrogen and oxygen atoms in total. The van der Waals surface area contributed by atoms with Gasteiger partial charge >= 0.3 is 0 Å². The lowest BCUT2D eigenvalue weighted by atomic mass is 9.89. The van der Waals surface area contributed by atoms with E-state index in [4.69, 9.17) is 10.5 Å². The molecule has 0 radical (unpaired) electrons. The first kappa shape index (κ1) is 11.0. The van der Waals surface area contributed by atoms with Gasteiger partial charge in [0.1, 0.15) is 11.8 Å². The third-order valence-corrected chi connectivity index (χ3v) is 3.04. The van der Waals surface area contributed by atoms with Gasteiger partial charge in [0.15, 0.2) is 0 Å². The summed E-state index contributed by atoms with van der Waals surface area (Å²) < 4.78 is 5.09. The quantitative estimate of drug-likeness (QED) is 0.771. The van der Waals surface area contributed by atoms with Crippen molar-refractivity contribution >= 4 is 5.91 Å². The van der Waals surface area contributed by atoms with Crippen LogP contribution in [-0.4, -0.2) is 30.5 Å². The molecule has 2 unspecified atom stereocenters. The van der Waals surface area contributed by atoms with Crippen molar-refractivity contribution in [3.8, 4) is 5.75 Å². The van der Waals surface area contributed by atoms with Gasteiger partial charge in [0.2, 0.25) is 5.91 Å². The molecule has 0 spiro atoms. The van der Waals surface area contributed by atoms with Crippen molar-refractivity contribution in [3.63, 3.8) is 0 Å². The van der Waals surface area contributed by atoms with Crippen LogP contribution in [-0.2, 0) is 4.79 Å². The molecule has 1 aliphatic rings. The number of β-lactam (4-membered cyclic amide) rings is 1. The fraction of sp³-hybridized carbons (Fsp3) is 0.417. The normalized spacial score (nSPS) is 24.2. The van der Waals surface area contributed by atoms with Crippen LogP contribution in [0.25, 0.3) is 0 Å². The Bertz CT molecular complexity index is 389. The number of hydrogen-bond acceptors (Lipinski definition) is 3. The lowest BCUT2D eigenvalue weighted by Gasteiger charge is -2.45. The van der Waals surface area contributed by atoms with E-state index in [1.807, 2.05) is 31.2 Å². The fourth-order valence-electron chi connectivity index (χ4n) is 2.12. The number of benzene rings is 1. The van der Waals surface area contributed by atoms with Gasteiger partial charge in [0.05, 0.1) is 13.2 Å². The van der Waals surface area contributed by atoms with Gasteiger partial charge in [-0.05, 0) is 24.6 Å². The zero-order valence-electron chi connectivity index (χ0n) is 9.51. The minimum absolute atomic E-state index is 0.0170. The number of carbonyl (C=O) groups is 1. The molecular weight excluding hydrogens is 204 g/mol. The van der Waals surface area contributed by atoms with Gasteiger partial charge in [0, 0.05) is 6.54 Å². The van der Waals surface area contributed by atoms with Gasteiger partial charge in [-0.2, -0.15) is 0 Å². The second kappa shape index (κ2) is 4.14. The summed E-state index contributed by atoms with van der Waals surface area (Å²) in [7, 11) is 1.63. The molecule has 1 saturated heterocycles. The summed E-state index contributed by atoms with van der Waals surface area (Å²) >= 11 is 0. The number of methoxy groups -OCH3 is 1. The highest BCUT2D eigenvalue weighted by Gasteiger charge is 2.44. The highest BCUT2D eigenvalue weighted by molar-refractivity contribution is 5.89. The maximum atomic E-state index is 11.5. The predicted molar refractivity (Wildman–Crippen MR) is 61.1 cm³/mol. The summed E-state index contributed by atoms with van der Waals surface area (Å²) in [6.07, 6.45) is 0. The van der Waals surface area contributed by atoms with Crippen LogP contribution in [0.3, 0.4) is 0 Å². The molecule has 2 atom stereocenters. The van der Waals surface area contributed by atoms with E-state index in [1.165, 1.54) is 0 Å². The van der Waals surface area contributed by atoms with E-state index in [1.54, 1.807) is 12.0 Å². The first-order valence-corrected chi connectivity index (χ1v) is 5.39. The Labute approximate surface area is 95.0 Å². The van der Waals surface area contributed by atoms with Gasteiger partial charge in [0.25, 0.3) is 0 Å². The lowest BCUT2D eigenvalue weighted by Crippen LogP contribution is -2.62. The Morgan fingerprint density at radius 1 is 1.38 bits per heavy atom. The SMILES string of the molecule is CCN1C(=O)C(N)C1c1ccc(OC)cc1. The topological polar surface area (TPSA) is 55.6 Å². The van der Waals surface area contributed by atoms with Crippen molar-refractivity contribution in [1.29, 1.82) is 0 Å². The molecule has 4 heteroatoms. The average molecular weight is 220 g/mol. The summed E-state index contributed by atoms with van der Waals surface area (Å²) in [4.78, 5) is 13.3. The fourth-order valence-corrected chi connectivity index (χ4v) is 2.12. The molecular formula is C12H16N2O2. The molecule has 1 heterocycles. The van der Waals surface area contributed by atoms with E-state index in [0.29, 0.717) is 6.54 Å². The van der Waals surface area contributed by atoms with Crippen molar-refractivity contribution < 1.29 is 9.53 Å². The molecule has 2 rings (SSSR count). The van der Waals surface area contributed by atoms with Gasteiger partial charge < -0.3 is 15.4 Å². The number of carbonyl (C=O) groups excluding carboxylic acids is 1. The van der Waals surface area contributed by atoms with E-state index in [0.717, 1.165) is 11.3 Å². The first-order chi connectivity index (χ1) is 7.69. The lowest BCUT2D eigenvalue weighted by molar-refractivity contribution is -0.149. The Kier molecular flexibility index (Phi) is 2.83. The Balaban J connectivity index is 2.20. The standard InChI is InChI=1S/C12H16N2O2/c1-3-14-11(10(13)12(14)15)8-4-6-9(16-2)7-5-8/h4-7,10-11H,3,13H2,1-2H3. The van der Waals surface area contributed by atoms with Crippen LogP contribution in [0.15, 0.2) is 24.3 Å². The molecule has 0 bridgehead atoms. The van der Waals surface area contributed by atoms with Crippen LogP contribution in [0.4, 0.5) is 0 Å². The van der Waals surface area contributed by atoms with Crippen LogP contribution in [0, 0.1) is 0 Å². The molecule has 86 valence electrons. The second-order valence-corrected chi connectivity index (χ2v) is 3.87. The van der Waals surface area contributed by atoms with Gasteiger partial charge in [-0.1, -0.05) is 12.1 Å². The molecule has 1 aliphatic heterocycles. The third-order valence-electron chi connectivity index (χ3n) is 3.04. The monoisotopic (exact) mass is 220 g/mol. The predicted octanol–water partition coefficient (Wildman–Crippen LogP) is 0.926. The van der Waals surface area contributed by atoms with Crippen molar-refractivity contribution in [2.45, 2.75) is 19.0 Å². The average Bonchev–Trinajstić information content (AvgIpc) is 2.34. The number of nitrogens with zero attached hydrogens (tertiary/aromatic N) is 1. The number of rotatable bonds is 3. The summed E-state index contributed by atoms with van der Waals surface area (Å²) in [5, 5.41) is 0. The smallest absolute Gasteiger partial charge is 0.242 e. The molecule has 1 aromatic rings. The first-order valence-electron chi connectivity index (χ1n) is 5.39. The Hall–Kier alpha value is -1.55. The van der Waals surface area contributed by atoms with Crippen LogP contribution >= 0.6 is 0 Å². The second-order valence-electron chi connectivity index (χ2n) is 3.87. The van der Waals surface area contributed by atoms with E-state index in [-0.39, 0.29) is 11.9 Å². The van der Waals surface area contributed by atoms with Gasteiger partial charge in [-0.15, -0.1) is 0 Å². The van der Waals surface area contributed by atoms with E-state index in [2.05, 4.69) is 0 Å². The van der Waals surface area contributed by atoms with Crippen LogP contribution in [0.2, 0.25) is 0 Å². The highest BCUT2D eigenvalue weighted by Crippen LogP contribution is 2.33. The molecule has 0 aliphatic carbocycles. The number of nitrogens with two attached hydrogens (primary N) is 1. The molecule has 2 N–H and O–H groups in total. The van der Waals surface area contributed by atoms with Gasteiger partial charge in [-0.3, -0.25) is 4.79 Å². The maximum absolute atomic E-state index is 11.5. The van der Waals surface area contributed by atoms with Crippen molar-refractivity contribution in [2.24, 2.45) is 5.73 Å². The van der Waals surface area contributed by atoms with Crippen LogP contribution < -0.4 is 10.5 Å².